The first-order chi connectivity index (χ1) is 15.6. The van der Waals surface area contributed by atoms with Crippen LogP contribution in [0.25, 0.3) is 0 Å². The number of rotatable bonds is 6. The SMILES string of the molecule is O=C(NCc1ccco1)C(/C=C1\C(=O)ONN1c1ccccc1)=NC(=O)c1ccccc1. The first-order valence-corrected chi connectivity index (χ1v) is 9.64. The highest BCUT2D eigenvalue weighted by molar-refractivity contribution is 6.45. The fourth-order valence-electron chi connectivity index (χ4n) is 2.88. The Bertz CT molecular complexity index is 1170. The van der Waals surface area contributed by atoms with Crippen LogP contribution >= 0.6 is 0 Å². The van der Waals surface area contributed by atoms with Gasteiger partial charge in [0.1, 0.15) is 11.5 Å². The van der Waals surface area contributed by atoms with E-state index < -0.39 is 17.8 Å². The number of carbonyl (C=O) groups excluding carboxylic acids is 3. The minimum atomic E-state index is -0.729. The van der Waals surface area contributed by atoms with Gasteiger partial charge in [0.2, 0.25) is 0 Å². The number of carbonyl (C=O) groups is 3. The quantitative estimate of drug-likeness (QED) is 0.456. The molecule has 2 amide bonds. The zero-order valence-electron chi connectivity index (χ0n) is 16.7. The molecule has 0 aliphatic carbocycles. The maximum atomic E-state index is 12.9. The van der Waals surface area contributed by atoms with Gasteiger partial charge in [-0.2, -0.15) is 0 Å². The molecule has 1 aliphatic rings. The second-order valence-electron chi connectivity index (χ2n) is 6.61. The zero-order valence-corrected chi connectivity index (χ0v) is 16.7. The first-order valence-electron chi connectivity index (χ1n) is 9.64. The topological polar surface area (TPSA) is 113 Å². The number of hydrazine groups is 1. The molecule has 1 aliphatic heterocycles. The van der Waals surface area contributed by atoms with Crippen molar-refractivity contribution in [2.45, 2.75) is 6.54 Å². The lowest BCUT2D eigenvalue weighted by atomic mass is 10.2. The molecular formula is C23H18N4O5. The van der Waals surface area contributed by atoms with E-state index in [4.69, 9.17) is 9.25 Å². The van der Waals surface area contributed by atoms with Crippen molar-refractivity contribution < 1.29 is 23.6 Å². The summed E-state index contributed by atoms with van der Waals surface area (Å²) >= 11 is 0. The van der Waals surface area contributed by atoms with Crippen molar-refractivity contribution >= 4 is 29.2 Å². The lowest BCUT2D eigenvalue weighted by Gasteiger charge is -2.15. The van der Waals surface area contributed by atoms with E-state index >= 15 is 0 Å². The Balaban J connectivity index is 1.67. The standard InChI is InChI=1S/C23H18N4O5/c28-21(16-8-3-1-4-9-16)25-19(22(29)24-15-18-12-7-13-31-18)14-20-23(30)32-26-27(20)17-10-5-2-6-11-17/h1-14,26H,15H2,(H,24,29)/b20-14+,25-19?. The van der Waals surface area contributed by atoms with Gasteiger partial charge in [-0.3, -0.25) is 9.59 Å². The molecule has 0 bridgehead atoms. The highest BCUT2D eigenvalue weighted by atomic mass is 16.7. The van der Waals surface area contributed by atoms with Crippen molar-refractivity contribution in [2.75, 3.05) is 5.01 Å². The Morgan fingerprint density at radius 2 is 1.72 bits per heavy atom. The lowest BCUT2D eigenvalue weighted by Crippen LogP contribution is -2.33. The van der Waals surface area contributed by atoms with E-state index in [0.717, 1.165) is 0 Å². The number of amides is 2. The van der Waals surface area contributed by atoms with E-state index in [1.807, 2.05) is 6.07 Å². The Hall–Kier alpha value is -4.50. The second kappa shape index (κ2) is 9.54. The number of hydrogen-bond acceptors (Lipinski definition) is 7. The molecule has 1 saturated heterocycles. The molecule has 0 spiro atoms. The molecule has 0 saturated carbocycles. The number of nitrogens with one attached hydrogen (secondary N) is 2. The third-order valence-electron chi connectivity index (χ3n) is 4.45. The van der Waals surface area contributed by atoms with Crippen LogP contribution in [0.15, 0.2) is 100 Å². The monoisotopic (exact) mass is 430 g/mol. The van der Waals surface area contributed by atoms with Gasteiger partial charge in [-0.25, -0.2) is 14.8 Å². The first kappa shape index (κ1) is 20.8. The van der Waals surface area contributed by atoms with E-state index in [1.54, 1.807) is 66.7 Å². The van der Waals surface area contributed by atoms with Crippen molar-refractivity contribution in [3.63, 3.8) is 0 Å². The van der Waals surface area contributed by atoms with Gasteiger partial charge in [0.05, 0.1) is 18.5 Å². The summed E-state index contributed by atoms with van der Waals surface area (Å²) in [6.45, 7) is 0.0820. The Kier molecular flexibility index (Phi) is 6.19. The molecule has 32 heavy (non-hydrogen) atoms. The Morgan fingerprint density at radius 3 is 2.41 bits per heavy atom. The average molecular weight is 430 g/mol. The van der Waals surface area contributed by atoms with Crippen molar-refractivity contribution in [3.8, 4) is 0 Å². The van der Waals surface area contributed by atoms with Crippen LogP contribution < -0.4 is 15.9 Å². The average Bonchev–Trinajstić information content (AvgIpc) is 3.48. The number of benzene rings is 2. The molecule has 1 aromatic heterocycles. The molecule has 0 radical (unpaired) electrons. The number of para-hydroxylation sites is 1. The molecule has 3 aromatic rings. The van der Waals surface area contributed by atoms with Crippen LogP contribution in [0.3, 0.4) is 0 Å². The van der Waals surface area contributed by atoms with Gasteiger partial charge < -0.3 is 14.6 Å². The van der Waals surface area contributed by atoms with E-state index in [9.17, 15) is 14.4 Å². The third kappa shape index (κ3) is 4.79. The number of furan rings is 1. The molecule has 2 N–H and O–H groups in total. The van der Waals surface area contributed by atoms with Crippen molar-refractivity contribution in [2.24, 2.45) is 4.99 Å². The van der Waals surface area contributed by atoms with Crippen LogP contribution in [0.5, 0.6) is 0 Å². The normalized spacial score (nSPS) is 15.0. The third-order valence-corrected chi connectivity index (χ3v) is 4.45. The van der Waals surface area contributed by atoms with Crippen LogP contribution in [0.4, 0.5) is 5.69 Å². The number of aliphatic imine (C=N–C) groups is 1. The predicted octanol–water partition coefficient (Wildman–Crippen LogP) is 2.54. The molecule has 2 aromatic carbocycles. The summed E-state index contributed by atoms with van der Waals surface area (Å²) in [6, 6.07) is 20.5. The molecule has 1 fully saturated rings. The molecule has 9 nitrogen and oxygen atoms in total. The number of nitrogens with zero attached hydrogens (tertiary/aromatic N) is 2. The van der Waals surface area contributed by atoms with Crippen LogP contribution in [-0.4, -0.2) is 23.5 Å². The highest BCUT2D eigenvalue weighted by Crippen LogP contribution is 2.21. The molecule has 4 rings (SSSR count). The minimum absolute atomic E-state index is 0.0102. The maximum absolute atomic E-state index is 12.9. The van der Waals surface area contributed by atoms with Gasteiger partial charge in [0, 0.05) is 11.6 Å². The van der Waals surface area contributed by atoms with Crippen LogP contribution in [0.2, 0.25) is 0 Å². The smallest absolute Gasteiger partial charge is 0.376 e. The van der Waals surface area contributed by atoms with Crippen molar-refractivity contribution in [3.05, 3.63) is 102 Å². The van der Waals surface area contributed by atoms with Gasteiger partial charge >= 0.3 is 5.97 Å². The van der Waals surface area contributed by atoms with E-state index in [0.29, 0.717) is 17.0 Å². The van der Waals surface area contributed by atoms with E-state index in [2.05, 4.69) is 15.9 Å². The second-order valence-corrected chi connectivity index (χ2v) is 6.61. The molecule has 0 unspecified atom stereocenters. The lowest BCUT2D eigenvalue weighted by molar-refractivity contribution is -0.140. The summed E-state index contributed by atoms with van der Waals surface area (Å²) in [6.07, 6.45) is 2.68. The van der Waals surface area contributed by atoms with Crippen LogP contribution in [0, 0.1) is 0 Å². The van der Waals surface area contributed by atoms with Gasteiger partial charge in [0.15, 0.2) is 5.70 Å². The highest BCUT2D eigenvalue weighted by Gasteiger charge is 2.30. The minimum Gasteiger partial charge on any atom is -0.467 e. The number of anilines is 1. The zero-order chi connectivity index (χ0) is 22.3. The summed E-state index contributed by atoms with van der Waals surface area (Å²) in [5.41, 5.74) is 3.11. The molecular weight excluding hydrogens is 412 g/mol. The summed E-state index contributed by atoms with van der Waals surface area (Å²) in [5, 5.41) is 3.99. The molecule has 0 atom stereocenters. The van der Waals surface area contributed by atoms with Crippen LogP contribution in [-0.2, 0) is 21.0 Å². The molecule has 2 heterocycles. The summed E-state index contributed by atoms with van der Waals surface area (Å²) in [4.78, 5) is 46.7. The van der Waals surface area contributed by atoms with E-state index in [1.165, 1.54) is 17.3 Å². The van der Waals surface area contributed by atoms with Crippen molar-refractivity contribution in [1.29, 1.82) is 0 Å². The largest absolute Gasteiger partial charge is 0.467 e. The van der Waals surface area contributed by atoms with Gasteiger partial charge in [-0.05, 0) is 36.4 Å². The van der Waals surface area contributed by atoms with Crippen molar-refractivity contribution in [1.82, 2.24) is 10.9 Å². The Labute approximate surface area is 182 Å². The fraction of sp³-hybridized carbons (Fsp3) is 0.0435. The van der Waals surface area contributed by atoms with E-state index in [-0.39, 0.29) is 18.0 Å². The van der Waals surface area contributed by atoms with Gasteiger partial charge in [-0.15, -0.1) is 0 Å². The van der Waals surface area contributed by atoms with Crippen LogP contribution in [0.1, 0.15) is 16.1 Å². The predicted molar refractivity (Wildman–Crippen MR) is 115 cm³/mol. The van der Waals surface area contributed by atoms with Gasteiger partial charge in [0.25, 0.3) is 11.8 Å². The molecule has 160 valence electrons. The number of hydrogen-bond donors (Lipinski definition) is 2. The summed E-state index contributed by atoms with van der Waals surface area (Å²) in [5.74, 6) is -1.50. The van der Waals surface area contributed by atoms with Gasteiger partial charge in [-0.1, -0.05) is 42.0 Å². The maximum Gasteiger partial charge on any atom is 0.376 e. The Morgan fingerprint density at radius 1 is 1.00 bits per heavy atom. The molecule has 9 heteroatoms. The summed E-state index contributed by atoms with van der Waals surface area (Å²) < 4.78 is 5.21. The fourth-order valence-corrected chi connectivity index (χ4v) is 2.88. The summed E-state index contributed by atoms with van der Waals surface area (Å²) in [7, 11) is 0.